The Labute approximate surface area is 131 Å². The van der Waals surface area contributed by atoms with Crippen LogP contribution in [-0.4, -0.2) is 4.98 Å². The van der Waals surface area contributed by atoms with Gasteiger partial charge in [-0.05, 0) is 36.8 Å². The van der Waals surface area contributed by atoms with Gasteiger partial charge in [0, 0.05) is 16.6 Å². The Bertz CT molecular complexity index is 783. The fourth-order valence-electron chi connectivity index (χ4n) is 2.18. The highest BCUT2D eigenvalue weighted by atomic mass is 35.5. The van der Waals surface area contributed by atoms with Gasteiger partial charge in [0.25, 0.3) is 0 Å². The largest absolute Gasteiger partial charge is 0.320 e. The lowest BCUT2D eigenvalue weighted by atomic mass is 10.0. The maximum atomic E-state index is 6.29. The van der Waals surface area contributed by atoms with Crippen LogP contribution in [0.4, 0.5) is 0 Å². The number of fused-ring (bicyclic) bond motifs is 1. The van der Waals surface area contributed by atoms with E-state index in [2.05, 4.69) is 11.1 Å². The van der Waals surface area contributed by atoms with Crippen molar-refractivity contribution in [1.82, 2.24) is 4.98 Å². The summed E-state index contributed by atoms with van der Waals surface area (Å²) < 4.78 is 1.29. The van der Waals surface area contributed by atoms with E-state index in [0.29, 0.717) is 8.67 Å². The van der Waals surface area contributed by atoms with Crippen molar-refractivity contribution in [3.8, 4) is 0 Å². The van der Waals surface area contributed by atoms with Crippen LogP contribution in [0.3, 0.4) is 0 Å². The van der Waals surface area contributed by atoms with Gasteiger partial charge in [-0.15, -0.1) is 11.3 Å². The second-order valence-corrected chi connectivity index (χ2v) is 6.95. The summed E-state index contributed by atoms with van der Waals surface area (Å²) in [4.78, 5) is 4.48. The lowest BCUT2D eigenvalue weighted by Gasteiger charge is -2.12. The third-order valence-corrected chi connectivity index (χ3v) is 4.75. The molecule has 20 heavy (non-hydrogen) atoms. The average molecular weight is 323 g/mol. The fraction of sp³-hybridized carbons (Fsp3) is 0.133. The van der Waals surface area contributed by atoms with Crippen molar-refractivity contribution in [3.63, 3.8) is 0 Å². The van der Waals surface area contributed by atoms with E-state index < -0.39 is 0 Å². The molecule has 5 heteroatoms. The predicted octanol–water partition coefficient (Wildman–Crippen LogP) is 4.96. The number of thiophene rings is 1. The first-order valence-corrected chi connectivity index (χ1v) is 7.69. The Morgan fingerprint density at radius 1 is 1.15 bits per heavy atom. The number of hydrogen-bond donors (Lipinski definition) is 1. The smallest absolute Gasteiger partial charge is 0.0995 e. The number of halogens is 2. The number of nitrogens with two attached hydrogens (primary N) is 1. The summed E-state index contributed by atoms with van der Waals surface area (Å²) in [6, 6.07) is 11.6. The molecular formula is C15H12Cl2N2S. The van der Waals surface area contributed by atoms with E-state index in [0.717, 1.165) is 27.7 Å². The molecule has 0 aliphatic carbocycles. The van der Waals surface area contributed by atoms with Crippen LogP contribution in [-0.2, 0) is 0 Å². The number of pyridine rings is 1. The Balaban J connectivity index is 2.05. The minimum absolute atomic E-state index is 0.281. The number of hydrogen-bond acceptors (Lipinski definition) is 3. The minimum Gasteiger partial charge on any atom is -0.320 e. The molecule has 0 saturated carbocycles. The highest BCUT2D eigenvalue weighted by Crippen LogP contribution is 2.36. The molecule has 1 atom stereocenters. The van der Waals surface area contributed by atoms with Gasteiger partial charge in [0.2, 0.25) is 0 Å². The highest BCUT2D eigenvalue weighted by Gasteiger charge is 2.16. The van der Waals surface area contributed by atoms with Crippen LogP contribution in [0.2, 0.25) is 8.67 Å². The maximum absolute atomic E-state index is 6.29. The van der Waals surface area contributed by atoms with Crippen molar-refractivity contribution in [2.75, 3.05) is 0 Å². The first-order chi connectivity index (χ1) is 9.54. The molecule has 0 aliphatic rings. The van der Waals surface area contributed by atoms with E-state index in [-0.39, 0.29) is 6.04 Å². The van der Waals surface area contributed by atoms with E-state index in [9.17, 15) is 0 Å². The molecule has 0 spiro atoms. The molecule has 2 aromatic heterocycles. The highest BCUT2D eigenvalue weighted by molar-refractivity contribution is 7.20. The normalized spacial score (nSPS) is 12.8. The molecule has 2 nitrogen and oxygen atoms in total. The standard InChI is InChI=1S/C15H12Cl2N2S/c1-8-2-3-9-6-10(4-5-12(9)19-8)14(18)11-7-13(16)20-15(11)17/h2-7,14H,18H2,1H3. The van der Waals surface area contributed by atoms with E-state index >= 15 is 0 Å². The lowest BCUT2D eigenvalue weighted by molar-refractivity contribution is 0.879. The van der Waals surface area contributed by atoms with Crippen LogP contribution in [0.15, 0.2) is 36.4 Å². The first kappa shape index (κ1) is 13.8. The van der Waals surface area contributed by atoms with Gasteiger partial charge in [0.15, 0.2) is 0 Å². The van der Waals surface area contributed by atoms with Crippen LogP contribution in [0.25, 0.3) is 10.9 Å². The second-order valence-electron chi connectivity index (χ2n) is 4.66. The predicted molar refractivity (Wildman–Crippen MR) is 86.8 cm³/mol. The zero-order valence-electron chi connectivity index (χ0n) is 10.7. The summed E-state index contributed by atoms with van der Waals surface area (Å²) in [7, 11) is 0. The van der Waals surface area contributed by atoms with Gasteiger partial charge in [-0.3, -0.25) is 4.98 Å². The summed E-state index contributed by atoms with van der Waals surface area (Å²) in [5.74, 6) is 0. The Morgan fingerprint density at radius 2 is 1.95 bits per heavy atom. The number of aromatic nitrogens is 1. The molecule has 1 aromatic carbocycles. The van der Waals surface area contributed by atoms with E-state index in [1.54, 1.807) is 0 Å². The van der Waals surface area contributed by atoms with Crippen molar-refractivity contribution >= 4 is 45.4 Å². The molecule has 0 radical (unpaired) electrons. The van der Waals surface area contributed by atoms with Gasteiger partial charge in [0.1, 0.15) is 0 Å². The summed E-state index contributed by atoms with van der Waals surface area (Å²) in [6.07, 6.45) is 0. The van der Waals surface area contributed by atoms with Crippen LogP contribution in [0.1, 0.15) is 22.9 Å². The maximum Gasteiger partial charge on any atom is 0.0995 e. The van der Waals surface area contributed by atoms with Crippen molar-refractivity contribution in [2.45, 2.75) is 13.0 Å². The summed E-state index contributed by atoms with van der Waals surface area (Å²) in [5, 5.41) is 1.07. The van der Waals surface area contributed by atoms with Crippen molar-refractivity contribution in [1.29, 1.82) is 0 Å². The first-order valence-electron chi connectivity index (χ1n) is 6.12. The van der Waals surface area contributed by atoms with Crippen molar-refractivity contribution in [3.05, 3.63) is 61.9 Å². The summed E-state index contributed by atoms with van der Waals surface area (Å²) >= 11 is 13.5. The summed E-state index contributed by atoms with van der Waals surface area (Å²) in [6.45, 7) is 1.98. The van der Waals surface area contributed by atoms with Crippen molar-refractivity contribution < 1.29 is 0 Å². The molecule has 0 saturated heterocycles. The quantitative estimate of drug-likeness (QED) is 0.724. The van der Waals surface area contributed by atoms with E-state index in [4.69, 9.17) is 28.9 Å². The number of aryl methyl sites for hydroxylation is 1. The Morgan fingerprint density at radius 3 is 2.65 bits per heavy atom. The summed E-state index contributed by atoms with van der Waals surface area (Å²) in [5.41, 5.74) is 10.1. The molecule has 3 aromatic rings. The molecule has 0 amide bonds. The molecule has 0 bridgehead atoms. The van der Waals surface area contributed by atoms with E-state index in [1.165, 1.54) is 11.3 Å². The zero-order valence-corrected chi connectivity index (χ0v) is 13.1. The zero-order chi connectivity index (χ0) is 14.3. The fourth-order valence-corrected chi connectivity index (χ4v) is 3.73. The van der Waals surface area contributed by atoms with Gasteiger partial charge in [-0.2, -0.15) is 0 Å². The molecule has 0 aliphatic heterocycles. The lowest BCUT2D eigenvalue weighted by Crippen LogP contribution is -2.11. The van der Waals surface area contributed by atoms with Crippen LogP contribution < -0.4 is 5.73 Å². The van der Waals surface area contributed by atoms with Gasteiger partial charge in [0.05, 0.1) is 20.2 Å². The molecule has 2 heterocycles. The number of rotatable bonds is 2. The third-order valence-electron chi connectivity index (χ3n) is 3.23. The van der Waals surface area contributed by atoms with Crippen LogP contribution in [0.5, 0.6) is 0 Å². The monoisotopic (exact) mass is 322 g/mol. The van der Waals surface area contributed by atoms with E-state index in [1.807, 2.05) is 37.3 Å². The number of nitrogens with zero attached hydrogens (tertiary/aromatic N) is 1. The molecule has 2 N–H and O–H groups in total. The van der Waals surface area contributed by atoms with Gasteiger partial charge in [-0.1, -0.05) is 35.3 Å². The van der Waals surface area contributed by atoms with Gasteiger partial charge < -0.3 is 5.73 Å². The average Bonchev–Trinajstić information content (AvgIpc) is 2.76. The van der Waals surface area contributed by atoms with Crippen molar-refractivity contribution in [2.24, 2.45) is 5.73 Å². The Hall–Kier alpha value is -1.13. The Kier molecular flexibility index (Phi) is 3.69. The molecular weight excluding hydrogens is 311 g/mol. The third kappa shape index (κ3) is 2.54. The molecule has 102 valence electrons. The minimum atomic E-state index is -0.281. The van der Waals surface area contributed by atoms with Crippen LogP contribution in [0, 0.1) is 6.92 Å². The molecule has 3 rings (SSSR count). The SMILES string of the molecule is Cc1ccc2cc(C(N)c3cc(Cl)sc3Cl)ccc2n1. The molecule has 0 fully saturated rings. The molecule has 1 unspecified atom stereocenters. The second kappa shape index (κ2) is 5.34. The number of benzene rings is 1. The van der Waals surface area contributed by atoms with Gasteiger partial charge >= 0.3 is 0 Å². The van der Waals surface area contributed by atoms with Gasteiger partial charge in [-0.25, -0.2) is 0 Å². The van der Waals surface area contributed by atoms with Crippen LogP contribution >= 0.6 is 34.5 Å². The topological polar surface area (TPSA) is 38.9 Å².